The van der Waals surface area contributed by atoms with Crippen molar-refractivity contribution in [2.75, 3.05) is 12.4 Å². The van der Waals surface area contributed by atoms with Gasteiger partial charge in [-0.15, -0.1) is 0 Å². The molecule has 162 valence electrons. The van der Waals surface area contributed by atoms with Gasteiger partial charge in [-0.25, -0.2) is 9.18 Å². The van der Waals surface area contributed by atoms with Crippen LogP contribution >= 0.6 is 0 Å². The highest BCUT2D eigenvalue weighted by atomic mass is 19.1. The second-order valence-corrected chi connectivity index (χ2v) is 7.36. The van der Waals surface area contributed by atoms with Crippen LogP contribution in [0, 0.1) is 12.7 Å². The van der Waals surface area contributed by atoms with Crippen LogP contribution < -0.4 is 16.2 Å². The maximum Gasteiger partial charge on any atom is 0.321 e. The van der Waals surface area contributed by atoms with E-state index in [1.54, 1.807) is 30.3 Å². The van der Waals surface area contributed by atoms with Crippen LogP contribution in [0.3, 0.4) is 0 Å². The van der Waals surface area contributed by atoms with Gasteiger partial charge in [0.2, 0.25) is 0 Å². The molecule has 0 saturated carbocycles. The van der Waals surface area contributed by atoms with Gasteiger partial charge >= 0.3 is 6.03 Å². The predicted octanol–water partition coefficient (Wildman–Crippen LogP) is 2.90. The van der Waals surface area contributed by atoms with Crippen molar-refractivity contribution >= 4 is 17.6 Å². The fourth-order valence-corrected chi connectivity index (χ4v) is 3.41. The molecule has 0 bridgehead atoms. The topological polar surface area (TPSA) is 96.3 Å². The Labute approximate surface area is 183 Å². The predicted molar refractivity (Wildman–Crippen MR) is 117 cm³/mol. The Morgan fingerprint density at radius 3 is 2.69 bits per heavy atom. The monoisotopic (exact) mass is 433 g/mol. The largest absolute Gasteiger partial charge is 0.327 e. The van der Waals surface area contributed by atoms with Gasteiger partial charge in [-0.1, -0.05) is 18.2 Å². The van der Waals surface area contributed by atoms with E-state index in [0.29, 0.717) is 16.9 Å². The molecule has 3 aromatic rings. The van der Waals surface area contributed by atoms with E-state index in [0.717, 1.165) is 5.56 Å². The molecule has 1 aliphatic heterocycles. The lowest BCUT2D eigenvalue weighted by Gasteiger charge is -2.30. The average Bonchev–Trinajstić information content (AvgIpc) is 2.77. The minimum absolute atomic E-state index is 0.234. The summed E-state index contributed by atoms with van der Waals surface area (Å²) in [5.41, 5.74) is 2.10. The molecule has 1 aromatic heterocycles. The zero-order chi connectivity index (χ0) is 22.8. The van der Waals surface area contributed by atoms with E-state index in [1.165, 1.54) is 53.3 Å². The lowest BCUT2D eigenvalue weighted by molar-refractivity contribution is -0.113. The molecule has 2 heterocycles. The maximum absolute atomic E-state index is 13.8. The first kappa shape index (κ1) is 21.0. The molecule has 0 saturated heterocycles. The van der Waals surface area contributed by atoms with Crippen LogP contribution in [0.4, 0.5) is 14.9 Å². The van der Waals surface area contributed by atoms with Crippen molar-refractivity contribution < 1.29 is 14.0 Å². The SMILES string of the molecule is Cc1ccc(-n2ncccc2=O)cc1NC(=O)C1=CN(C)C(=O)NC1c1cccc(F)c1. The third-order valence-corrected chi connectivity index (χ3v) is 5.11. The van der Waals surface area contributed by atoms with E-state index < -0.39 is 23.8 Å². The minimum Gasteiger partial charge on any atom is -0.327 e. The van der Waals surface area contributed by atoms with Crippen molar-refractivity contribution in [2.45, 2.75) is 13.0 Å². The highest BCUT2D eigenvalue weighted by Gasteiger charge is 2.31. The zero-order valence-electron chi connectivity index (χ0n) is 17.4. The van der Waals surface area contributed by atoms with Crippen LogP contribution in [0.15, 0.2) is 77.4 Å². The standard InChI is InChI=1S/C23H20FN5O3/c1-14-8-9-17(29-20(30)7-4-10-25-29)12-19(14)26-22(31)18-13-28(2)23(32)27-21(18)15-5-3-6-16(24)11-15/h3-13,21H,1-2H3,(H,26,31)(H,27,32). The smallest absolute Gasteiger partial charge is 0.321 e. The Morgan fingerprint density at radius 2 is 1.94 bits per heavy atom. The number of halogens is 1. The van der Waals surface area contributed by atoms with Gasteiger partial charge in [-0.2, -0.15) is 9.78 Å². The van der Waals surface area contributed by atoms with Crippen LogP contribution in [0.25, 0.3) is 5.69 Å². The Balaban J connectivity index is 1.68. The van der Waals surface area contributed by atoms with E-state index in [-0.39, 0.29) is 11.1 Å². The number of rotatable bonds is 4. The van der Waals surface area contributed by atoms with Crippen molar-refractivity contribution in [3.05, 3.63) is 99.9 Å². The molecule has 1 atom stereocenters. The lowest BCUT2D eigenvalue weighted by Crippen LogP contribution is -2.44. The first-order chi connectivity index (χ1) is 15.3. The van der Waals surface area contributed by atoms with Crippen LogP contribution in [-0.2, 0) is 4.79 Å². The summed E-state index contributed by atoms with van der Waals surface area (Å²) in [6.45, 7) is 1.81. The van der Waals surface area contributed by atoms with Crippen molar-refractivity contribution in [1.29, 1.82) is 0 Å². The second-order valence-electron chi connectivity index (χ2n) is 7.36. The van der Waals surface area contributed by atoms with E-state index >= 15 is 0 Å². The lowest BCUT2D eigenvalue weighted by atomic mass is 9.97. The minimum atomic E-state index is -0.823. The molecule has 4 rings (SSSR count). The number of anilines is 1. The number of hydrogen-bond donors (Lipinski definition) is 2. The summed E-state index contributed by atoms with van der Waals surface area (Å²) in [7, 11) is 1.52. The molecule has 1 aliphatic rings. The molecule has 0 aliphatic carbocycles. The number of carbonyl (C=O) groups is 2. The number of benzene rings is 2. The van der Waals surface area contributed by atoms with Crippen LogP contribution in [-0.4, -0.2) is 33.7 Å². The third-order valence-electron chi connectivity index (χ3n) is 5.11. The highest BCUT2D eigenvalue weighted by Crippen LogP contribution is 2.28. The first-order valence-corrected chi connectivity index (χ1v) is 9.81. The van der Waals surface area contributed by atoms with Crippen molar-refractivity contribution in [3.63, 3.8) is 0 Å². The van der Waals surface area contributed by atoms with Crippen molar-refractivity contribution in [2.24, 2.45) is 0 Å². The van der Waals surface area contributed by atoms with E-state index in [4.69, 9.17) is 0 Å². The Bertz CT molecular complexity index is 1300. The number of aromatic nitrogens is 2. The molecule has 8 nitrogen and oxygen atoms in total. The molecule has 2 N–H and O–H groups in total. The Morgan fingerprint density at radius 1 is 1.12 bits per heavy atom. The number of amides is 3. The van der Waals surface area contributed by atoms with Crippen molar-refractivity contribution in [3.8, 4) is 5.69 Å². The number of hydrogen-bond acceptors (Lipinski definition) is 4. The Kier molecular flexibility index (Phi) is 5.55. The van der Waals surface area contributed by atoms with Crippen LogP contribution in [0.2, 0.25) is 0 Å². The van der Waals surface area contributed by atoms with Crippen molar-refractivity contribution in [1.82, 2.24) is 20.0 Å². The summed E-state index contributed by atoms with van der Waals surface area (Å²) in [6, 6.07) is 12.5. The average molecular weight is 433 g/mol. The maximum atomic E-state index is 13.8. The summed E-state index contributed by atoms with van der Waals surface area (Å²) < 4.78 is 15.0. The summed E-state index contributed by atoms with van der Waals surface area (Å²) in [4.78, 5) is 38.8. The molecule has 32 heavy (non-hydrogen) atoms. The second kappa shape index (κ2) is 8.46. The molecular formula is C23H20FN5O3. The Hall–Kier alpha value is -4.27. The molecule has 9 heteroatoms. The van der Waals surface area contributed by atoms with Gasteiger partial charge in [-0.3, -0.25) is 9.59 Å². The number of nitrogens with one attached hydrogen (secondary N) is 2. The molecule has 0 fully saturated rings. The van der Waals surface area contributed by atoms with Gasteiger partial charge in [0.05, 0.1) is 17.3 Å². The number of urea groups is 1. The number of aryl methyl sites for hydroxylation is 1. The molecule has 3 amide bonds. The third kappa shape index (κ3) is 4.13. The summed E-state index contributed by atoms with van der Waals surface area (Å²) in [5, 5.41) is 9.62. The molecular weight excluding hydrogens is 413 g/mol. The first-order valence-electron chi connectivity index (χ1n) is 9.81. The van der Waals surface area contributed by atoms with Gasteiger partial charge in [-0.05, 0) is 48.4 Å². The van der Waals surface area contributed by atoms with Gasteiger partial charge in [0, 0.05) is 31.2 Å². The molecule has 0 radical (unpaired) electrons. The summed E-state index contributed by atoms with van der Waals surface area (Å²) in [5.74, 6) is -0.945. The zero-order valence-corrected chi connectivity index (χ0v) is 17.4. The molecule has 1 unspecified atom stereocenters. The normalized spacial score (nSPS) is 15.7. The van der Waals surface area contributed by atoms with Gasteiger partial charge in [0.1, 0.15) is 5.82 Å². The fourth-order valence-electron chi connectivity index (χ4n) is 3.41. The number of nitrogens with zero attached hydrogens (tertiary/aromatic N) is 3. The summed E-state index contributed by atoms with van der Waals surface area (Å²) >= 11 is 0. The number of carbonyl (C=O) groups excluding carboxylic acids is 2. The summed E-state index contributed by atoms with van der Waals surface area (Å²) in [6.07, 6.45) is 2.92. The van der Waals surface area contributed by atoms with E-state index in [9.17, 15) is 18.8 Å². The van der Waals surface area contributed by atoms with Gasteiger partial charge < -0.3 is 15.5 Å². The quantitative estimate of drug-likeness (QED) is 0.661. The van der Waals surface area contributed by atoms with E-state index in [1.807, 2.05) is 6.92 Å². The van der Waals surface area contributed by atoms with Crippen LogP contribution in [0.1, 0.15) is 17.2 Å². The van der Waals surface area contributed by atoms with Gasteiger partial charge in [0.25, 0.3) is 11.5 Å². The van der Waals surface area contributed by atoms with Gasteiger partial charge in [0.15, 0.2) is 0 Å². The fraction of sp³-hybridized carbons (Fsp3) is 0.130. The van der Waals surface area contributed by atoms with Crippen LogP contribution in [0.5, 0.6) is 0 Å². The van der Waals surface area contributed by atoms with E-state index in [2.05, 4.69) is 15.7 Å². The highest BCUT2D eigenvalue weighted by molar-refractivity contribution is 6.06. The molecule has 0 spiro atoms. The molecule has 2 aromatic carbocycles.